The molecule has 0 aromatic heterocycles. The highest BCUT2D eigenvalue weighted by atomic mass is 35.5. The fourth-order valence-corrected chi connectivity index (χ4v) is 1.25. The Morgan fingerprint density at radius 2 is 2.00 bits per heavy atom. The summed E-state index contributed by atoms with van der Waals surface area (Å²) in [6.07, 6.45) is 1.05. The minimum absolute atomic E-state index is 0. The molecule has 2 N–H and O–H groups in total. The zero-order chi connectivity index (χ0) is 8.10. The molecule has 4 nitrogen and oxygen atoms in total. The molecule has 0 aliphatic carbocycles. The van der Waals surface area contributed by atoms with Crippen molar-refractivity contribution in [2.75, 3.05) is 32.7 Å². The van der Waals surface area contributed by atoms with Gasteiger partial charge in [-0.3, -0.25) is 9.69 Å². The van der Waals surface area contributed by atoms with Crippen molar-refractivity contribution in [2.45, 2.75) is 6.42 Å². The predicted molar refractivity (Wildman–Crippen MR) is 56.1 cm³/mol. The Labute approximate surface area is 90.5 Å². The summed E-state index contributed by atoms with van der Waals surface area (Å²) in [6.45, 7) is 3.86. The molecule has 1 aliphatic rings. The predicted octanol–water partition coefficient (Wildman–Crippen LogP) is 0.210. The maximum Gasteiger partial charge on any atom is 0.317 e. The van der Waals surface area contributed by atoms with Crippen LogP contribution in [-0.2, 0) is 4.79 Å². The van der Waals surface area contributed by atoms with Gasteiger partial charge in [-0.05, 0) is 19.5 Å². The van der Waals surface area contributed by atoms with Crippen molar-refractivity contribution in [1.29, 1.82) is 0 Å². The van der Waals surface area contributed by atoms with Gasteiger partial charge in [0.25, 0.3) is 0 Å². The molecule has 0 unspecified atom stereocenters. The summed E-state index contributed by atoms with van der Waals surface area (Å²) in [5.41, 5.74) is 0. The third-order valence-electron chi connectivity index (χ3n) is 1.79. The monoisotopic (exact) mass is 230 g/mol. The first-order valence-corrected chi connectivity index (χ1v) is 3.94. The van der Waals surface area contributed by atoms with Crippen LogP contribution in [0.4, 0.5) is 0 Å². The summed E-state index contributed by atoms with van der Waals surface area (Å²) in [5, 5.41) is 11.7. The number of carboxylic acids is 1. The lowest BCUT2D eigenvalue weighted by molar-refractivity contribution is -0.138. The van der Waals surface area contributed by atoms with Crippen LogP contribution in [0.5, 0.6) is 0 Å². The second-order valence-electron chi connectivity index (χ2n) is 2.77. The molecule has 13 heavy (non-hydrogen) atoms. The maximum atomic E-state index is 10.3. The molecular formula is C7H16Cl2N2O2. The lowest BCUT2D eigenvalue weighted by atomic mass is 10.4. The molecule has 0 bridgehead atoms. The van der Waals surface area contributed by atoms with Gasteiger partial charge in [0.2, 0.25) is 0 Å². The highest BCUT2D eigenvalue weighted by Gasteiger charge is 2.10. The molecule has 0 saturated carbocycles. The van der Waals surface area contributed by atoms with Crippen molar-refractivity contribution in [1.82, 2.24) is 10.2 Å². The molecule has 1 aliphatic heterocycles. The highest BCUT2D eigenvalue weighted by molar-refractivity contribution is 5.85. The second kappa shape index (κ2) is 8.56. The third kappa shape index (κ3) is 7.07. The summed E-state index contributed by atoms with van der Waals surface area (Å²) in [6, 6.07) is 0. The molecule has 1 saturated heterocycles. The minimum Gasteiger partial charge on any atom is -0.480 e. The van der Waals surface area contributed by atoms with E-state index in [9.17, 15) is 4.79 Å². The van der Waals surface area contributed by atoms with Crippen LogP contribution in [-0.4, -0.2) is 48.7 Å². The molecule has 6 heteroatoms. The SMILES string of the molecule is Cl.Cl.O=C(O)CN1CCCNCC1. The van der Waals surface area contributed by atoms with Crippen LogP contribution in [0.2, 0.25) is 0 Å². The number of carboxylic acid groups (broad SMARTS) is 1. The molecule has 1 fully saturated rings. The van der Waals surface area contributed by atoms with Crippen LogP contribution in [0, 0.1) is 0 Å². The summed E-state index contributed by atoms with van der Waals surface area (Å²) in [4.78, 5) is 12.3. The molecule has 0 radical (unpaired) electrons. The van der Waals surface area contributed by atoms with Crippen molar-refractivity contribution in [2.24, 2.45) is 0 Å². The number of carbonyl (C=O) groups is 1. The fourth-order valence-electron chi connectivity index (χ4n) is 1.25. The molecular weight excluding hydrogens is 215 g/mol. The van der Waals surface area contributed by atoms with Gasteiger partial charge >= 0.3 is 5.97 Å². The molecule has 80 valence electrons. The topological polar surface area (TPSA) is 52.6 Å². The first-order chi connectivity index (χ1) is 5.29. The van der Waals surface area contributed by atoms with E-state index < -0.39 is 5.97 Å². The van der Waals surface area contributed by atoms with Crippen molar-refractivity contribution >= 4 is 30.8 Å². The Morgan fingerprint density at radius 3 is 2.62 bits per heavy atom. The summed E-state index contributed by atoms with van der Waals surface area (Å²) in [7, 11) is 0. The summed E-state index contributed by atoms with van der Waals surface area (Å²) < 4.78 is 0. The van der Waals surface area contributed by atoms with Gasteiger partial charge in [-0.1, -0.05) is 0 Å². The Bertz CT molecular complexity index is 138. The van der Waals surface area contributed by atoms with Crippen LogP contribution in [0.3, 0.4) is 0 Å². The van der Waals surface area contributed by atoms with E-state index in [-0.39, 0.29) is 31.4 Å². The number of nitrogens with zero attached hydrogens (tertiary/aromatic N) is 1. The number of hydrogen-bond donors (Lipinski definition) is 2. The lowest BCUT2D eigenvalue weighted by Gasteiger charge is -2.15. The Hall–Kier alpha value is -0.0300. The van der Waals surface area contributed by atoms with Crippen LogP contribution in [0.25, 0.3) is 0 Å². The van der Waals surface area contributed by atoms with Crippen molar-refractivity contribution in [3.05, 3.63) is 0 Å². The largest absolute Gasteiger partial charge is 0.480 e. The average molecular weight is 231 g/mol. The number of halogens is 2. The van der Waals surface area contributed by atoms with E-state index in [2.05, 4.69) is 5.32 Å². The van der Waals surface area contributed by atoms with Crippen molar-refractivity contribution < 1.29 is 9.90 Å². The van der Waals surface area contributed by atoms with E-state index in [1.54, 1.807) is 0 Å². The van der Waals surface area contributed by atoms with Gasteiger partial charge in [-0.15, -0.1) is 24.8 Å². The van der Waals surface area contributed by atoms with Gasteiger partial charge in [0.15, 0.2) is 0 Å². The second-order valence-corrected chi connectivity index (χ2v) is 2.77. The van der Waals surface area contributed by atoms with E-state index in [0.29, 0.717) is 0 Å². The number of rotatable bonds is 2. The van der Waals surface area contributed by atoms with Crippen LogP contribution in [0.15, 0.2) is 0 Å². The van der Waals surface area contributed by atoms with E-state index >= 15 is 0 Å². The average Bonchev–Trinajstić information content (AvgIpc) is 2.14. The number of aliphatic carboxylic acids is 1. The van der Waals surface area contributed by atoms with Crippen molar-refractivity contribution in [3.63, 3.8) is 0 Å². The normalized spacial score (nSPS) is 17.8. The standard InChI is InChI=1S/C7H14N2O2.2ClH/c10-7(11)6-9-4-1-2-8-3-5-9;;/h8H,1-6H2,(H,10,11);2*1H. The van der Waals surface area contributed by atoms with Gasteiger partial charge < -0.3 is 10.4 Å². The maximum absolute atomic E-state index is 10.3. The summed E-state index contributed by atoms with van der Waals surface area (Å²) in [5.74, 6) is -0.730. The van der Waals surface area contributed by atoms with E-state index in [4.69, 9.17) is 5.11 Å². The number of nitrogens with one attached hydrogen (secondary N) is 1. The van der Waals surface area contributed by atoms with Gasteiger partial charge in [-0.2, -0.15) is 0 Å². The van der Waals surface area contributed by atoms with Gasteiger partial charge in [0.1, 0.15) is 0 Å². The molecule has 0 aromatic rings. The van der Waals surface area contributed by atoms with Gasteiger partial charge in [0, 0.05) is 13.1 Å². The zero-order valence-corrected chi connectivity index (χ0v) is 8.99. The first-order valence-electron chi connectivity index (χ1n) is 3.94. The van der Waals surface area contributed by atoms with E-state index in [0.717, 1.165) is 32.6 Å². The van der Waals surface area contributed by atoms with E-state index in [1.165, 1.54) is 0 Å². The highest BCUT2D eigenvalue weighted by Crippen LogP contribution is 1.93. The Kier molecular flexibility index (Phi) is 10.2. The third-order valence-corrected chi connectivity index (χ3v) is 1.79. The van der Waals surface area contributed by atoms with Crippen molar-refractivity contribution in [3.8, 4) is 0 Å². The van der Waals surface area contributed by atoms with Crippen LogP contribution < -0.4 is 5.32 Å². The molecule has 0 aromatic carbocycles. The molecule has 0 atom stereocenters. The minimum atomic E-state index is -0.730. The zero-order valence-electron chi connectivity index (χ0n) is 7.36. The van der Waals surface area contributed by atoms with Gasteiger partial charge in [-0.25, -0.2) is 0 Å². The summed E-state index contributed by atoms with van der Waals surface area (Å²) >= 11 is 0. The van der Waals surface area contributed by atoms with Gasteiger partial charge in [0.05, 0.1) is 6.54 Å². The lowest BCUT2D eigenvalue weighted by Crippen LogP contribution is -2.32. The first kappa shape index (κ1) is 15.4. The molecule has 0 amide bonds. The quantitative estimate of drug-likeness (QED) is 0.713. The van der Waals surface area contributed by atoms with Crippen LogP contribution >= 0.6 is 24.8 Å². The Morgan fingerprint density at radius 1 is 1.31 bits per heavy atom. The number of hydrogen-bond acceptors (Lipinski definition) is 3. The Balaban J connectivity index is 0. The smallest absolute Gasteiger partial charge is 0.317 e. The van der Waals surface area contributed by atoms with Crippen LogP contribution in [0.1, 0.15) is 6.42 Å². The molecule has 1 heterocycles. The molecule has 1 rings (SSSR count). The van der Waals surface area contributed by atoms with E-state index in [1.807, 2.05) is 4.90 Å². The molecule has 0 spiro atoms. The fraction of sp³-hybridized carbons (Fsp3) is 0.857.